The number of hydrogen-bond donors (Lipinski definition) is 0. The zero-order valence-corrected chi connectivity index (χ0v) is 9.83. The van der Waals surface area contributed by atoms with Crippen molar-refractivity contribution >= 4 is 11.4 Å². The first-order valence-electron chi connectivity index (χ1n) is 5.52. The Morgan fingerprint density at radius 2 is 1.94 bits per heavy atom. The van der Waals surface area contributed by atoms with Crippen LogP contribution in [-0.4, -0.2) is 5.78 Å². The van der Waals surface area contributed by atoms with Gasteiger partial charge in [-0.2, -0.15) is 0 Å². The summed E-state index contributed by atoms with van der Waals surface area (Å²) in [5.74, 6) is 0.654. The molecule has 0 radical (unpaired) electrons. The van der Waals surface area contributed by atoms with E-state index >= 15 is 0 Å². The molecule has 0 spiro atoms. The average Bonchev–Trinajstić information content (AvgIpc) is 2.68. The number of rotatable bonds is 0. The highest BCUT2D eigenvalue weighted by Gasteiger charge is 2.30. The van der Waals surface area contributed by atoms with Gasteiger partial charge in [-0.25, -0.2) is 0 Å². The molecule has 0 aliphatic heterocycles. The number of ketones is 1. The first-order chi connectivity index (χ1) is 8.09. The van der Waals surface area contributed by atoms with Crippen LogP contribution in [-0.2, 0) is 0 Å². The van der Waals surface area contributed by atoms with Crippen LogP contribution >= 0.6 is 0 Å². The second-order valence-electron chi connectivity index (χ2n) is 4.48. The van der Waals surface area contributed by atoms with Crippen LogP contribution in [0.25, 0.3) is 16.9 Å². The molecule has 0 bridgehead atoms. The SMILES string of the molecule is C=C1C(=O)c2c(C)coc2-c2cc(C)ccc21. The number of allylic oxidation sites excluding steroid dienone is 1. The van der Waals surface area contributed by atoms with E-state index < -0.39 is 0 Å². The van der Waals surface area contributed by atoms with Crippen LogP contribution in [0.1, 0.15) is 27.0 Å². The summed E-state index contributed by atoms with van der Waals surface area (Å²) in [6.07, 6.45) is 1.63. The van der Waals surface area contributed by atoms with Gasteiger partial charge >= 0.3 is 0 Å². The maximum atomic E-state index is 12.2. The minimum Gasteiger partial charge on any atom is -0.463 e. The maximum absolute atomic E-state index is 12.2. The molecule has 0 unspecified atom stereocenters. The molecule has 0 saturated carbocycles. The third-order valence-electron chi connectivity index (χ3n) is 3.22. The van der Waals surface area contributed by atoms with Gasteiger partial charge in [-0.3, -0.25) is 4.79 Å². The van der Waals surface area contributed by atoms with E-state index in [1.807, 2.05) is 32.0 Å². The molecule has 0 N–H and O–H groups in total. The quantitative estimate of drug-likeness (QED) is 0.637. The van der Waals surface area contributed by atoms with Crippen LogP contribution in [0.4, 0.5) is 0 Å². The maximum Gasteiger partial charge on any atom is 0.197 e. The molecule has 17 heavy (non-hydrogen) atoms. The van der Waals surface area contributed by atoms with E-state index in [4.69, 9.17) is 4.42 Å². The van der Waals surface area contributed by atoms with E-state index in [0.717, 1.165) is 22.3 Å². The fraction of sp³-hybridized carbons (Fsp3) is 0.133. The Labute approximate surface area is 99.6 Å². The number of Topliss-reactive ketones (excluding diaryl/α,β-unsaturated/α-hetero) is 1. The van der Waals surface area contributed by atoms with E-state index in [1.54, 1.807) is 6.26 Å². The van der Waals surface area contributed by atoms with E-state index in [2.05, 4.69) is 6.58 Å². The molecule has 0 saturated heterocycles. The summed E-state index contributed by atoms with van der Waals surface area (Å²) in [6, 6.07) is 5.96. The number of benzene rings is 1. The van der Waals surface area contributed by atoms with E-state index in [0.29, 0.717) is 16.9 Å². The molecular formula is C15H12O2. The third kappa shape index (κ3) is 1.24. The smallest absolute Gasteiger partial charge is 0.197 e. The second kappa shape index (κ2) is 3.20. The zero-order chi connectivity index (χ0) is 12.2. The molecule has 0 amide bonds. The lowest BCUT2D eigenvalue weighted by atomic mass is 9.84. The van der Waals surface area contributed by atoms with Crippen molar-refractivity contribution in [2.45, 2.75) is 13.8 Å². The lowest BCUT2D eigenvalue weighted by molar-refractivity contribution is 0.105. The highest BCUT2D eigenvalue weighted by atomic mass is 16.3. The van der Waals surface area contributed by atoms with Crippen LogP contribution in [0.2, 0.25) is 0 Å². The van der Waals surface area contributed by atoms with Gasteiger partial charge in [0.25, 0.3) is 0 Å². The van der Waals surface area contributed by atoms with Gasteiger partial charge in [0, 0.05) is 11.1 Å². The molecule has 84 valence electrons. The summed E-state index contributed by atoms with van der Waals surface area (Å²) in [5, 5.41) is 0. The molecule has 2 nitrogen and oxygen atoms in total. The molecule has 2 aromatic rings. The summed E-state index contributed by atoms with van der Waals surface area (Å²) in [7, 11) is 0. The van der Waals surface area contributed by atoms with Gasteiger partial charge in [0.1, 0.15) is 5.76 Å². The Morgan fingerprint density at radius 3 is 2.71 bits per heavy atom. The molecule has 3 rings (SSSR count). The number of fused-ring (bicyclic) bond motifs is 3. The minimum absolute atomic E-state index is 0.0254. The Bertz CT molecular complexity index is 660. The van der Waals surface area contributed by atoms with Crippen molar-refractivity contribution in [2.75, 3.05) is 0 Å². The summed E-state index contributed by atoms with van der Waals surface area (Å²) < 4.78 is 5.52. The monoisotopic (exact) mass is 224 g/mol. The van der Waals surface area contributed by atoms with Crippen molar-refractivity contribution in [3.8, 4) is 11.3 Å². The zero-order valence-electron chi connectivity index (χ0n) is 9.83. The van der Waals surface area contributed by atoms with Gasteiger partial charge in [0.05, 0.1) is 11.8 Å². The highest BCUT2D eigenvalue weighted by Crippen LogP contribution is 2.40. The Kier molecular flexibility index (Phi) is 1.90. The lowest BCUT2D eigenvalue weighted by Gasteiger charge is -2.17. The van der Waals surface area contributed by atoms with Gasteiger partial charge < -0.3 is 4.42 Å². The van der Waals surface area contributed by atoms with Crippen molar-refractivity contribution in [3.63, 3.8) is 0 Å². The van der Waals surface area contributed by atoms with Gasteiger partial charge in [0.2, 0.25) is 0 Å². The fourth-order valence-corrected chi connectivity index (χ4v) is 2.31. The predicted molar refractivity (Wildman–Crippen MR) is 67.0 cm³/mol. The molecule has 1 aliphatic carbocycles. The van der Waals surface area contributed by atoms with Gasteiger partial charge in [-0.15, -0.1) is 0 Å². The molecule has 1 aromatic heterocycles. The molecule has 0 atom stereocenters. The number of aryl methyl sites for hydroxylation is 2. The van der Waals surface area contributed by atoms with Gasteiger partial charge in [-0.1, -0.05) is 24.3 Å². The lowest BCUT2D eigenvalue weighted by Crippen LogP contribution is -2.10. The highest BCUT2D eigenvalue weighted by molar-refractivity contribution is 6.33. The van der Waals surface area contributed by atoms with Crippen molar-refractivity contribution in [1.82, 2.24) is 0 Å². The normalized spacial score (nSPS) is 13.5. The van der Waals surface area contributed by atoms with Crippen LogP contribution in [0.3, 0.4) is 0 Å². The Morgan fingerprint density at radius 1 is 1.18 bits per heavy atom. The standard InChI is InChI=1S/C15H12O2/c1-8-4-5-11-10(3)14(16)13-9(2)7-17-15(13)12(11)6-8/h4-7H,3H2,1-2H3. The van der Waals surface area contributed by atoms with Gasteiger partial charge in [-0.05, 0) is 31.0 Å². The van der Waals surface area contributed by atoms with Crippen molar-refractivity contribution < 1.29 is 9.21 Å². The van der Waals surface area contributed by atoms with Crippen LogP contribution in [0.15, 0.2) is 35.5 Å². The third-order valence-corrected chi connectivity index (χ3v) is 3.22. The summed E-state index contributed by atoms with van der Waals surface area (Å²) in [5.41, 5.74) is 5.08. The van der Waals surface area contributed by atoms with Crippen molar-refractivity contribution in [2.24, 2.45) is 0 Å². The summed E-state index contributed by atoms with van der Waals surface area (Å²) in [4.78, 5) is 12.2. The van der Waals surface area contributed by atoms with E-state index in [9.17, 15) is 4.79 Å². The molecular weight excluding hydrogens is 212 g/mol. The molecule has 2 heteroatoms. The molecule has 1 aliphatic rings. The average molecular weight is 224 g/mol. The van der Waals surface area contributed by atoms with E-state index in [1.165, 1.54) is 0 Å². The Hall–Kier alpha value is -2.09. The van der Waals surface area contributed by atoms with E-state index in [-0.39, 0.29) is 5.78 Å². The van der Waals surface area contributed by atoms with Crippen LogP contribution < -0.4 is 0 Å². The molecule has 0 fully saturated rings. The van der Waals surface area contributed by atoms with Crippen LogP contribution in [0, 0.1) is 13.8 Å². The van der Waals surface area contributed by atoms with Gasteiger partial charge in [0.15, 0.2) is 5.78 Å². The summed E-state index contributed by atoms with van der Waals surface area (Å²) >= 11 is 0. The van der Waals surface area contributed by atoms with Crippen LogP contribution in [0.5, 0.6) is 0 Å². The first kappa shape index (κ1) is 10.1. The fourth-order valence-electron chi connectivity index (χ4n) is 2.31. The first-order valence-corrected chi connectivity index (χ1v) is 5.52. The predicted octanol–water partition coefficient (Wildman–Crippen LogP) is 3.77. The van der Waals surface area contributed by atoms with Crippen molar-refractivity contribution in [3.05, 3.63) is 53.3 Å². The largest absolute Gasteiger partial charge is 0.463 e. The number of furan rings is 1. The second-order valence-corrected chi connectivity index (χ2v) is 4.48. The minimum atomic E-state index is -0.0254. The number of hydrogen-bond acceptors (Lipinski definition) is 2. The number of carbonyl (C=O) groups is 1. The Balaban J connectivity index is 2.41. The van der Waals surface area contributed by atoms with Crippen molar-refractivity contribution in [1.29, 1.82) is 0 Å². The summed E-state index contributed by atoms with van der Waals surface area (Å²) in [6.45, 7) is 7.80. The molecule has 1 heterocycles. The number of carbonyl (C=O) groups excluding carboxylic acids is 1. The molecule has 1 aromatic carbocycles. The topological polar surface area (TPSA) is 30.2 Å².